The van der Waals surface area contributed by atoms with Crippen molar-refractivity contribution in [3.8, 4) is 0 Å². The van der Waals surface area contributed by atoms with Gasteiger partial charge in [0, 0.05) is 57.8 Å². The third-order valence-electron chi connectivity index (χ3n) is 5.66. The van der Waals surface area contributed by atoms with Gasteiger partial charge < -0.3 is 19.4 Å². The van der Waals surface area contributed by atoms with Gasteiger partial charge in [0.25, 0.3) is 0 Å². The number of aromatic nitrogens is 1. The molecule has 2 fully saturated rings. The molecule has 0 radical (unpaired) electrons. The van der Waals surface area contributed by atoms with E-state index in [2.05, 4.69) is 16.8 Å². The highest BCUT2D eigenvalue weighted by Gasteiger charge is 2.51. The topological polar surface area (TPSA) is 48.9 Å². The van der Waals surface area contributed by atoms with Crippen molar-refractivity contribution >= 4 is 6.03 Å². The van der Waals surface area contributed by atoms with Gasteiger partial charge in [0.15, 0.2) is 0 Å². The van der Waals surface area contributed by atoms with Gasteiger partial charge in [-0.2, -0.15) is 0 Å². The molecule has 3 heterocycles. The van der Waals surface area contributed by atoms with E-state index in [1.165, 1.54) is 0 Å². The lowest BCUT2D eigenvalue weighted by Gasteiger charge is -2.31. The molecule has 2 atom stereocenters. The molecule has 3 rings (SSSR count). The molecule has 2 amide bonds. The van der Waals surface area contributed by atoms with Crippen molar-refractivity contribution in [1.82, 2.24) is 19.7 Å². The monoisotopic (exact) mass is 346 g/mol. The van der Waals surface area contributed by atoms with Crippen LogP contribution in [0.5, 0.6) is 0 Å². The molecule has 0 aliphatic carbocycles. The number of carbonyl (C=O) groups excluding carboxylic acids is 1. The summed E-state index contributed by atoms with van der Waals surface area (Å²) in [7, 11) is 3.65. The van der Waals surface area contributed by atoms with Gasteiger partial charge in [0.2, 0.25) is 0 Å². The van der Waals surface area contributed by atoms with Crippen LogP contribution < -0.4 is 0 Å². The number of pyridine rings is 1. The first kappa shape index (κ1) is 18.1. The maximum Gasteiger partial charge on any atom is 0.319 e. The van der Waals surface area contributed by atoms with E-state index in [0.29, 0.717) is 12.5 Å². The predicted octanol–water partition coefficient (Wildman–Crippen LogP) is 1.92. The zero-order valence-electron chi connectivity index (χ0n) is 15.6. The van der Waals surface area contributed by atoms with E-state index in [4.69, 9.17) is 4.74 Å². The fourth-order valence-electron chi connectivity index (χ4n) is 4.21. The summed E-state index contributed by atoms with van der Waals surface area (Å²) in [5.41, 5.74) is 1.14. The summed E-state index contributed by atoms with van der Waals surface area (Å²) >= 11 is 0. The Balaban J connectivity index is 1.62. The second-order valence-corrected chi connectivity index (χ2v) is 7.57. The van der Waals surface area contributed by atoms with Gasteiger partial charge in [-0.15, -0.1) is 0 Å². The first-order valence-electron chi connectivity index (χ1n) is 9.20. The molecule has 2 aliphatic rings. The van der Waals surface area contributed by atoms with E-state index in [1.807, 2.05) is 37.2 Å². The smallest absolute Gasteiger partial charge is 0.319 e. The van der Waals surface area contributed by atoms with Gasteiger partial charge in [-0.1, -0.05) is 13.0 Å². The molecule has 25 heavy (non-hydrogen) atoms. The number of rotatable bonds is 5. The van der Waals surface area contributed by atoms with Crippen LogP contribution in [0.1, 0.15) is 19.0 Å². The maximum absolute atomic E-state index is 12.3. The van der Waals surface area contributed by atoms with Gasteiger partial charge in [-0.25, -0.2) is 4.79 Å². The number of nitrogens with zero attached hydrogens (tertiary/aromatic N) is 4. The minimum atomic E-state index is 0.125. The second-order valence-electron chi connectivity index (χ2n) is 7.57. The standard InChI is InChI=1S/C19H30N4O2/c1-4-22-11-16(12-25-13-17-7-5-6-9-20-17)19(14-22)8-10-23(15-19)18(24)21(2)3/h5-7,9,16H,4,8,10-15H2,1-3H3/t16-,19-/m1/s1. The highest BCUT2D eigenvalue weighted by Crippen LogP contribution is 2.44. The molecule has 1 spiro atoms. The van der Waals surface area contributed by atoms with Crippen LogP contribution in [-0.4, -0.2) is 79.1 Å². The van der Waals surface area contributed by atoms with E-state index >= 15 is 0 Å². The summed E-state index contributed by atoms with van der Waals surface area (Å²) in [5, 5.41) is 0. The van der Waals surface area contributed by atoms with E-state index in [0.717, 1.165) is 51.4 Å². The Morgan fingerprint density at radius 3 is 2.92 bits per heavy atom. The van der Waals surface area contributed by atoms with Crippen LogP contribution >= 0.6 is 0 Å². The number of ether oxygens (including phenoxy) is 1. The number of likely N-dealkylation sites (tertiary alicyclic amines) is 2. The lowest BCUT2D eigenvalue weighted by molar-refractivity contribution is 0.0509. The highest BCUT2D eigenvalue weighted by molar-refractivity contribution is 5.74. The zero-order chi connectivity index (χ0) is 17.9. The van der Waals surface area contributed by atoms with Crippen molar-refractivity contribution in [2.24, 2.45) is 11.3 Å². The average Bonchev–Trinajstić information content (AvgIpc) is 3.20. The summed E-state index contributed by atoms with van der Waals surface area (Å²) in [4.78, 5) is 22.8. The van der Waals surface area contributed by atoms with Gasteiger partial charge in [-0.3, -0.25) is 4.98 Å². The second kappa shape index (κ2) is 7.70. The maximum atomic E-state index is 12.3. The molecule has 6 heteroatoms. The summed E-state index contributed by atoms with van der Waals surface area (Å²) in [6.07, 6.45) is 2.87. The van der Waals surface area contributed by atoms with Crippen molar-refractivity contribution in [3.05, 3.63) is 30.1 Å². The molecule has 0 N–H and O–H groups in total. The first-order valence-corrected chi connectivity index (χ1v) is 9.20. The van der Waals surface area contributed by atoms with Crippen LogP contribution in [0.4, 0.5) is 4.79 Å². The summed E-state index contributed by atoms with van der Waals surface area (Å²) in [5.74, 6) is 0.469. The van der Waals surface area contributed by atoms with E-state index < -0.39 is 0 Å². The number of urea groups is 1. The van der Waals surface area contributed by atoms with Crippen molar-refractivity contribution in [1.29, 1.82) is 0 Å². The van der Waals surface area contributed by atoms with E-state index in [9.17, 15) is 4.79 Å². The first-order chi connectivity index (χ1) is 12.0. The predicted molar refractivity (Wildman–Crippen MR) is 97.2 cm³/mol. The Labute approximate surface area is 150 Å². The molecule has 0 saturated carbocycles. The fraction of sp³-hybridized carbons (Fsp3) is 0.684. The van der Waals surface area contributed by atoms with Gasteiger partial charge >= 0.3 is 6.03 Å². The fourth-order valence-corrected chi connectivity index (χ4v) is 4.21. The minimum absolute atomic E-state index is 0.125. The van der Waals surface area contributed by atoms with Gasteiger partial charge in [0.05, 0.1) is 18.9 Å². The van der Waals surface area contributed by atoms with Crippen LogP contribution in [0.25, 0.3) is 0 Å². The highest BCUT2D eigenvalue weighted by atomic mass is 16.5. The molecule has 2 saturated heterocycles. The van der Waals surface area contributed by atoms with Crippen LogP contribution in [0.15, 0.2) is 24.4 Å². The van der Waals surface area contributed by atoms with Crippen LogP contribution in [-0.2, 0) is 11.3 Å². The largest absolute Gasteiger partial charge is 0.375 e. The molecule has 0 unspecified atom stereocenters. The van der Waals surface area contributed by atoms with Gasteiger partial charge in [-0.05, 0) is 25.1 Å². The van der Waals surface area contributed by atoms with Crippen molar-refractivity contribution in [2.75, 3.05) is 53.4 Å². The quantitative estimate of drug-likeness (QED) is 0.817. The molecule has 1 aromatic heterocycles. The number of amides is 2. The molecular weight excluding hydrogens is 316 g/mol. The molecule has 138 valence electrons. The molecule has 1 aromatic rings. The minimum Gasteiger partial charge on any atom is -0.375 e. The Morgan fingerprint density at radius 1 is 1.40 bits per heavy atom. The van der Waals surface area contributed by atoms with Crippen molar-refractivity contribution in [3.63, 3.8) is 0 Å². The lowest BCUT2D eigenvalue weighted by atomic mass is 9.77. The van der Waals surface area contributed by atoms with Crippen LogP contribution in [0.3, 0.4) is 0 Å². The zero-order valence-corrected chi connectivity index (χ0v) is 15.6. The summed E-state index contributed by atoms with van der Waals surface area (Å²) in [6.45, 7) is 8.38. The van der Waals surface area contributed by atoms with E-state index in [1.54, 1.807) is 11.1 Å². The summed E-state index contributed by atoms with van der Waals surface area (Å²) in [6, 6.07) is 6.03. The molecule has 2 aliphatic heterocycles. The Hall–Kier alpha value is -1.66. The number of carbonyl (C=O) groups is 1. The average molecular weight is 346 g/mol. The Bertz CT molecular complexity index is 580. The summed E-state index contributed by atoms with van der Waals surface area (Å²) < 4.78 is 6.02. The van der Waals surface area contributed by atoms with Crippen LogP contribution in [0.2, 0.25) is 0 Å². The third kappa shape index (κ3) is 3.96. The normalized spacial score (nSPS) is 26.5. The number of hydrogen-bond donors (Lipinski definition) is 0. The van der Waals surface area contributed by atoms with Gasteiger partial charge in [0.1, 0.15) is 0 Å². The van der Waals surface area contributed by atoms with E-state index in [-0.39, 0.29) is 11.4 Å². The van der Waals surface area contributed by atoms with Crippen LogP contribution in [0, 0.1) is 11.3 Å². The lowest BCUT2D eigenvalue weighted by Crippen LogP contribution is -2.41. The third-order valence-corrected chi connectivity index (χ3v) is 5.66. The molecular formula is C19H30N4O2. The Morgan fingerprint density at radius 2 is 2.24 bits per heavy atom. The van der Waals surface area contributed by atoms with Crippen molar-refractivity contribution in [2.45, 2.75) is 20.0 Å². The van der Waals surface area contributed by atoms with Crippen molar-refractivity contribution < 1.29 is 9.53 Å². The Kier molecular flexibility index (Phi) is 5.59. The number of hydrogen-bond acceptors (Lipinski definition) is 4. The SMILES string of the molecule is CCN1C[C@H](COCc2ccccn2)[C@]2(CCN(C(=O)N(C)C)C2)C1. The molecule has 0 bridgehead atoms. The molecule has 6 nitrogen and oxygen atoms in total. The molecule has 0 aromatic carbocycles.